The van der Waals surface area contributed by atoms with Crippen LogP contribution in [-0.4, -0.2) is 46.9 Å². The zero-order valence-corrected chi connectivity index (χ0v) is 19.2. The van der Waals surface area contributed by atoms with E-state index in [0.29, 0.717) is 17.5 Å². The molecule has 0 spiro atoms. The van der Waals surface area contributed by atoms with Crippen LogP contribution in [-0.2, 0) is 24.7 Å². The van der Waals surface area contributed by atoms with Gasteiger partial charge in [0.1, 0.15) is 6.04 Å². The molecule has 1 amide bonds. The minimum atomic E-state index is -1.33. The third kappa shape index (κ3) is 7.33. The number of benzene rings is 2. The molecule has 0 heterocycles. The number of hydrogen-bond acceptors (Lipinski definition) is 6. The van der Waals surface area contributed by atoms with E-state index in [1.807, 2.05) is 6.92 Å². The Kier molecular flexibility index (Phi) is 9.61. The van der Waals surface area contributed by atoms with E-state index in [2.05, 4.69) is 5.32 Å². The van der Waals surface area contributed by atoms with Crippen molar-refractivity contribution in [2.24, 2.45) is 0 Å². The Morgan fingerprint density at radius 1 is 1.00 bits per heavy atom. The molecule has 2 aromatic carbocycles. The molecule has 1 unspecified atom stereocenters. The fourth-order valence-corrected chi connectivity index (χ4v) is 3.28. The van der Waals surface area contributed by atoms with Gasteiger partial charge in [-0.3, -0.25) is 4.79 Å². The van der Waals surface area contributed by atoms with E-state index < -0.39 is 35.6 Å². The zero-order chi connectivity index (χ0) is 25.1. The van der Waals surface area contributed by atoms with Crippen molar-refractivity contribution in [1.29, 1.82) is 0 Å². The highest BCUT2D eigenvalue weighted by atomic mass is 16.6. The number of ether oxygens (including phenoxy) is 2. The van der Waals surface area contributed by atoms with Crippen molar-refractivity contribution in [2.75, 3.05) is 6.61 Å². The standard InChI is InChI=1S/C25H29NO8/c1-3-4-15-33-24(32)26-20(23(30)31)13-14-21(27)34-25(2,18-10-6-5-7-11-18)19-12-8-9-17(16-19)22(28)29/h5-12,16,20H,3-4,13-15H2,1-2H3,(H,26,32)(H,28,29)(H,30,31)/t20-,25?/m0/s1. The lowest BCUT2D eigenvalue weighted by Gasteiger charge is -2.31. The molecule has 0 aliphatic heterocycles. The smallest absolute Gasteiger partial charge is 0.407 e. The summed E-state index contributed by atoms with van der Waals surface area (Å²) in [5, 5.41) is 21.0. The lowest BCUT2D eigenvalue weighted by Crippen LogP contribution is -2.41. The molecule has 2 atom stereocenters. The average Bonchev–Trinajstić information content (AvgIpc) is 2.82. The monoisotopic (exact) mass is 471 g/mol. The molecule has 0 aromatic heterocycles. The van der Waals surface area contributed by atoms with Crippen molar-refractivity contribution in [1.82, 2.24) is 5.32 Å². The molecule has 0 saturated carbocycles. The molecule has 2 aromatic rings. The number of aromatic carboxylic acids is 1. The predicted molar refractivity (Wildman–Crippen MR) is 122 cm³/mol. The van der Waals surface area contributed by atoms with E-state index in [-0.39, 0.29) is 25.0 Å². The van der Waals surface area contributed by atoms with Gasteiger partial charge in [-0.05, 0) is 37.5 Å². The number of carboxylic acids is 2. The molecule has 0 radical (unpaired) electrons. The Hall–Kier alpha value is -3.88. The highest BCUT2D eigenvalue weighted by molar-refractivity contribution is 5.88. The Balaban J connectivity index is 2.16. The van der Waals surface area contributed by atoms with Gasteiger partial charge in [-0.2, -0.15) is 0 Å². The Labute approximate surface area is 197 Å². The molecule has 2 rings (SSSR count). The van der Waals surface area contributed by atoms with Gasteiger partial charge in [-0.1, -0.05) is 55.8 Å². The zero-order valence-electron chi connectivity index (χ0n) is 19.2. The highest BCUT2D eigenvalue weighted by Gasteiger charge is 2.34. The molecule has 9 heteroatoms. The van der Waals surface area contributed by atoms with Crippen LogP contribution >= 0.6 is 0 Å². The number of amides is 1. The summed E-state index contributed by atoms with van der Waals surface area (Å²) in [6.45, 7) is 3.73. The first-order valence-electron chi connectivity index (χ1n) is 10.9. The topological polar surface area (TPSA) is 139 Å². The van der Waals surface area contributed by atoms with Gasteiger partial charge >= 0.3 is 24.0 Å². The summed E-state index contributed by atoms with van der Waals surface area (Å²) in [4.78, 5) is 47.5. The van der Waals surface area contributed by atoms with Crippen molar-refractivity contribution >= 4 is 24.0 Å². The van der Waals surface area contributed by atoms with Crippen LogP contribution in [0, 0.1) is 0 Å². The number of carboxylic acid groups (broad SMARTS) is 2. The van der Waals surface area contributed by atoms with Gasteiger partial charge in [-0.25, -0.2) is 14.4 Å². The van der Waals surface area contributed by atoms with Crippen LogP contribution in [0.4, 0.5) is 4.79 Å². The summed E-state index contributed by atoms with van der Waals surface area (Å²) in [5.41, 5.74) is -0.236. The van der Waals surface area contributed by atoms with E-state index in [4.69, 9.17) is 9.47 Å². The first-order valence-corrected chi connectivity index (χ1v) is 10.9. The molecule has 0 bridgehead atoms. The number of nitrogens with one attached hydrogen (secondary N) is 1. The van der Waals surface area contributed by atoms with E-state index in [1.165, 1.54) is 12.1 Å². The van der Waals surface area contributed by atoms with Crippen LogP contribution in [0.3, 0.4) is 0 Å². The van der Waals surface area contributed by atoms with Crippen molar-refractivity contribution in [3.63, 3.8) is 0 Å². The van der Waals surface area contributed by atoms with Gasteiger partial charge in [-0.15, -0.1) is 0 Å². The normalized spacial score (nSPS) is 13.2. The van der Waals surface area contributed by atoms with Crippen LogP contribution in [0.1, 0.15) is 61.0 Å². The van der Waals surface area contributed by atoms with E-state index in [0.717, 1.165) is 6.42 Å². The number of esters is 1. The molecule has 0 saturated heterocycles. The maximum absolute atomic E-state index is 12.8. The SMILES string of the molecule is CCCCOC(=O)N[C@@H](CCC(=O)OC(C)(c1ccccc1)c1cccc(C(=O)O)c1)C(=O)O. The average molecular weight is 472 g/mol. The summed E-state index contributed by atoms with van der Waals surface area (Å²) in [6, 6.07) is 13.5. The number of carbonyl (C=O) groups excluding carboxylic acids is 2. The van der Waals surface area contributed by atoms with Gasteiger partial charge in [0.25, 0.3) is 0 Å². The maximum Gasteiger partial charge on any atom is 0.407 e. The summed E-state index contributed by atoms with van der Waals surface area (Å²) >= 11 is 0. The molecular formula is C25H29NO8. The maximum atomic E-state index is 12.8. The van der Waals surface area contributed by atoms with Crippen LogP contribution in [0.25, 0.3) is 0 Å². The predicted octanol–water partition coefficient (Wildman–Crippen LogP) is 3.95. The highest BCUT2D eigenvalue weighted by Crippen LogP contribution is 2.34. The second kappa shape index (κ2) is 12.4. The summed E-state index contributed by atoms with van der Waals surface area (Å²) < 4.78 is 10.7. The first-order chi connectivity index (χ1) is 16.2. The fraction of sp³-hybridized carbons (Fsp3) is 0.360. The number of hydrogen-bond donors (Lipinski definition) is 3. The van der Waals surface area contributed by atoms with Crippen LogP contribution < -0.4 is 5.32 Å². The quantitative estimate of drug-likeness (QED) is 0.312. The molecule has 34 heavy (non-hydrogen) atoms. The van der Waals surface area contributed by atoms with Gasteiger partial charge in [0.05, 0.1) is 12.2 Å². The van der Waals surface area contributed by atoms with Crippen LogP contribution in [0.15, 0.2) is 54.6 Å². The Morgan fingerprint density at radius 2 is 1.68 bits per heavy atom. The molecule has 0 fully saturated rings. The van der Waals surface area contributed by atoms with E-state index in [1.54, 1.807) is 49.4 Å². The van der Waals surface area contributed by atoms with Crippen molar-refractivity contribution in [3.8, 4) is 0 Å². The van der Waals surface area contributed by atoms with Gasteiger partial charge < -0.3 is 25.0 Å². The van der Waals surface area contributed by atoms with Crippen LogP contribution in [0.5, 0.6) is 0 Å². The summed E-state index contributed by atoms with van der Waals surface area (Å²) in [6.07, 6.45) is 0.0915. The molecule has 0 aliphatic rings. The number of aliphatic carboxylic acids is 1. The number of unbranched alkanes of at least 4 members (excludes halogenated alkanes) is 1. The second-order valence-electron chi connectivity index (χ2n) is 7.82. The summed E-state index contributed by atoms with van der Waals surface area (Å²) in [5.74, 6) is -3.13. The van der Waals surface area contributed by atoms with Crippen LogP contribution in [0.2, 0.25) is 0 Å². The number of carbonyl (C=O) groups is 4. The minimum Gasteiger partial charge on any atom is -0.480 e. The lowest BCUT2D eigenvalue weighted by atomic mass is 9.87. The molecule has 0 aliphatic carbocycles. The number of rotatable bonds is 12. The third-order valence-electron chi connectivity index (χ3n) is 5.26. The largest absolute Gasteiger partial charge is 0.480 e. The minimum absolute atomic E-state index is 0.0347. The van der Waals surface area contributed by atoms with Crippen molar-refractivity contribution < 1.29 is 38.9 Å². The lowest BCUT2D eigenvalue weighted by molar-refractivity contribution is -0.155. The molecular weight excluding hydrogens is 442 g/mol. The first kappa shape index (κ1) is 26.4. The van der Waals surface area contributed by atoms with E-state index in [9.17, 15) is 29.4 Å². The van der Waals surface area contributed by atoms with Gasteiger partial charge in [0.2, 0.25) is 0 Å². The van der Waals surface area contributed by atoms with Gasteiger partial charge in [0, 0.05) is 12.0 Å². The van der Waals surface area contributed by atoms with Crippen molar-refractivity contribution in [2.45, 2.75) is 51.2 Å². The number of alkyl carbamates (subject to hydrolysis) is 1. The molecule has 9 nitrogen and oxygen atoms in total. The molecule has 182 valence electrons. The molecule has 3 N–H and O–H groups in total. The van der Waals surface area contributed by atoms with Crippen molar-refractivity contribution in [3.05, 3.63) is 71.3 Å². The second-order valence-corrected chi connectivity index (χ2v) is 7.82. The Bertz CT molecular complexity index is 1010. The summed E-state index contributed by atoms with van der Waals surface area (Å²) in [7, 11) is 0. The fourth-order valence-electron chi connectivity index (χ4n) is 3.28. The Morgan fingerprint density at radius 3 is 2.29 bits per heavy atom. The van der Waals surface area contributed by atoms with Gasteiger partial charge in [0.15, 0.2) is 5.60 Å². The van der Waals surface area contributed by atoms with E-state index >= 15 is 0 Å². The third-order valence-corrected chi connectivity index (χ3v) is 5.26.